The number of halogens is 3. The number of benzene rings is 1. The van der Waals surface area contributed by atoms with Crippen LogP contribution in [0.1, 0.15) is 18.5 Å². The SMILES string of the molecule is COc1ccc2nccc(N3CCC(Cn4cnc(C(F)(F)F)cc4=O)CC3)c2c1. The van der Waals surface area contributed by atoms with Gasteiger partial charge in [0.1, 0.15) is 5.75 Å². The lowest BCUT2D eigenvalue weighted by molar-refractivity contribution is -0.141. The van der Waals surface area contributed by atoms with Gasteiger partial charge in [0.05, 0.1) is 19.0 Å². The molecule has 0 radical (unpaired) electrons. The summed E-state index contributed by atoms with van der Waals surface area (Å²) in [6.07, 6.45) is -0.189. The molecule has 1 aromatic carbocycles. The van der Waals surface area contributed by atoms with Gasteiger partial charge in [-0.05, 0) is 43.0 Å². The Morgan fingerprint density at radius 3 is 2.57 bits per heavy atom. The molecule has 0 N–H and O–H groups in total. The van der Waals surface area contributed by atoms with Crippen LogP contribution in [-0.4, -0.2) is 34.7 Å². The van der Waals surface area contributed by atoms with Crippen molar-refractivity contribution in [1.82, 2.24) is 14.5 Å². The van der Waals surface area contributed by atoms with E-state index in [0.717, 1.165) is 54.6 Å². The van der Waals surface area contributed by atoms with E-state index in [1.165, 1.54) is 4.57 Å². The number of rotatable bonds is 4. The average Bonchev–Trinajstić information content (AvgIpc) is 2.74. The number of ether oxygens (including phenoxy) is 1. The standard InChI is InChI=1S/C21H21F3N4O2/c1-30-15-2-3-17-16(10-15)18(4-7-25-17)27-8-5-14(6-9-27)12-28-13-26-19(11-20(28)29)21(22,23)24/h2-4,7,10-11,13-14H,5-6,8-9,12H2,1H3. The fraction of sp³-hybridized carbons (Fsp3) is 0.381. The van der Waals surface area contributed by atoms with Gasteiger partial charge in [0, 0.05) is 43.0 Å². The first-order valence-corrected chi connectivity index (χ1v) is 9.66. The fourth-order valence-electron chi connectivity index (χ4n) is 3.87. The van der Waals surface area contributed by atoms with Crippen LogP contribution in [0, 0.1) is 5.92 Å². The highest BCUT2D eigenvalue weighted by Crippen LogP contribution is 2.32. The third-order valence-electron chi connectivity index (χ3n) is 5.51. The minimum Gasteiger partial charge on any atom is -0.497 e. The molecule has 1 aliphatic heterocycles. The molecule has 0 amide bonds. The summed E-state index contributed by atoms with van der Waals surface area (Å²) in [4.78, 5) is 22.1. The van der Waals surface area contributed by atoms with Crippen LogP contribution in [0.2, 0.25) is 0 Å². The number of hydrogen-bond acceptors (Lipinski definition) is 5. The summed E-state index contributed by atoms with van der Waals surface area (Å²) >= 11 is 0. The number of nitrogens with zero attached hydrogens (tertiary/aromatic N) is 4. The summed E-state index contributed by atoms with van der Waals surface area (Å²) in [6.45, 7) is 1.93. The first-order valence-electron chi connectivity index (χ1n) is 9.66. The number of anilines is 1. The highest BCUT2D eigenvalue weighted by Gasteiger charge is 2.33. The molecule has 6 nitrogen and oxygen atoms in total. The van der Waals surface area contributed by atoms with Crippen molar-refractivity contribution in [3.05, 3.63) is 58.9 Å². The van der Waals surface area contributed by atoms with Gasteiger partial charge in [-0.3, -0.25) is 14.3 Å². The number of methoxy groups -OCH3 is 1. The quantitative estimate of drug-likeness (QED) is 0.646. The molecule has 158 valence electrons. The fourth-order valence-corrected chi connectivity index (χ4v) is 3.87. The number of aromatic nitrogens is 3. The smallest absolute Gasteiger partial charge is 0.433 e. The third kappa shape index (κ3) is 4.10. The van der Waals surface area contributed by atoms with Crippen LogP contribution >= 0.6 is 0 Å². The average molecular weight is 418 g/mol. The Morgan fingerprint density at radius 2 is 1.90 bits per heavy atom. The van der Waals surface area contributed by atoms with Crippen molar-refractivity contribution < 1.29 is 17.9 Å². The summed E-state index contributed by atoms with van der Waals surface area (Å²) in [5, 5.41) is 1.01. The molecule has 2 aromatic heterocycles. The normalized spacial score (nSPS) is 15.5. The number of fused-ring (bicyclic) bond motifs is 1. The molecule has 4 rings (SSSR count). The second kappa shape index (κ2) is 7.97. The van der Waals surface area contributed by atoms with E-state index >= 15 is 0 Å². The Morgan fingerprint density at radius 1 is 1.13 bits per heavy atom. The molecule has 0 unspecified atom stereocenters. The Kier molecular flexibility index (Phi) is 5.36. The van der Waals surface area contributed by atoms with Gasteiger partial charge < -0.3 is 9.64 Å². The van der Waals surface area contributed by atoms with Gasteiger partial charge >= 0.3 is 6.18 Å². The van der Waals surface area contributed by atoms with Gasteiger partial charge in [-0.25, -0.2) is 4.98 Å². The molecule has 1 saturated heterocycles. The number of pyridine rings is 1. The summed E-state index contributed by atoms with van der Waals surface area (Å²) in [7, 11) is 1.63. The van der Waals surface area contributed by atoms with Crippen molar-refractivity contribution in [2.24, 2.45) is 5.92 Å². The molecule has 3 heterocycles. The molecule has 0 aliphatic carbocycles. The van der Waals surface area contributed by atoms with Crippen LogP contribution in [0.3, 0.4) is 0 Å². The van der Waals surface area contributed by atoms with Crippen LogP contribution in [0.4, 0.5) is 18.9 Å². The molecule has 3 aromatic rings. The lowest BCUT2D eigenvalue weighted by Gasteiger charge is -2.34. The molecule has 0 spiro atoms. The van der Waals surface area contributed by atoms with Gasteiger partial charge in [0.2, 0.25) is 0 Å². The van der Waals surface area contributed by atoms with Crippen molar-refractivity contribution in [2.75, 3.05) is 25.1 Å². The van der Waals surface area contributed by atoms with Gasteiger partial charge in [-0.1, -0.05) is 0 Å². The third-order valence-corrected chi connectivity index (χ3v) is 5.51. The van der Waals surface area contributed by atoms with Crippen LogP contribution in [0.15, 0.2) is 47.7 Å². The van der Waals surface area contributed by atoms with E-state index in [1.807, 2.05) is 24.3 Å². The van der Waals surface area contributed by atoms with E-state index in [4.69, 9.17) is 4.74 Å². The van der Waals surface area contributed by atoms with E-state index in [-0.39, 0.29) is 5.92 Å². The second-order valence-electron chi connectivity index (χ2n) is 7.41. The summed E-state index contributed by atoms with van der Waals surface area (Å²) in [5.41, 5.74) is 0.133. The molecule has 9 heteroatoms. The first kappa shape index (κ1) is 20.2. The molecule has 1 fully saturated rings. The van der Waals surface area contributed by atoms with E-state index in [0.29, 0.717) is 12.6 Å². The zero-order chi connectivity index (χ0) is 21.3. The zero-order valence-corrected chi connectivity index (χ0v) is 16.4. The molecular formula is C21H21F3N4O2. The largest absolute Gasteiger partial charge is 0.497 e. The van der Waals surface area contributed by atoms with Crippen molar-refractivity contribution in [3.63, 3.8) is 0 Å². The molecule has 0 saturated carbocycles. The van der Waals surface area contributed by atoms with Crippen molar-refractivity contribution in [2.45, 2.75) is 25.6 Å². The summed E-state index contributed by atoms with van der Waals surface area (Å²) in [6, 6.07) is 8.31. The maximum Gasteiger partial charge on any atom is 0.433 e. The van der Waals surface area contributed by atoms with Crippen LogP contribution in [0.5, 0.6) is 5.75 Å². The van der Waals surface area contributed by atoms with Gasteiger partial charge in [-0.15, -0.1) is 0 Å². The van der Waals surface area contributed by atoms with Crippen LogP contribution < -0.4 is 15.2 Å². The lowest BCUT2D eigenvalue weighted by Crippen LogP contribution is -2.36. The van der Waals surface area contributed by atoms with E-state index in [2.05, 4.69) is 14.9 Å². The van der Waals surface area contributed by atoms with E-state index < -0.39 is 17.4 Å². The summed E-state index contributed by atoms with van der Waals surface area (Å²) in [5.74, 6) is 0.959. The Labute approximate surface area is 170 Å². The first-order chi connectivity index (χ1) is 14.3. The molecule has 30 heavy (non-hydrogen) atoms. The Hall–Kier alpha value is -3.10. The van der Waals surface area contributed by atoms with Gasteiger partial charge in [-0.2, -0.15) is 13.2 Å². The zero-order valence-electron chi connectivity index (χ0n) is 16.4. The predicted molar refractivity (Wildman–Crippen MR) is 107 cm³/mol. The second-order valence-corrected chi connectivity index (χ2v) is 7.41. The minimum absolute atomic E-state index is 0.195. The predicted octanol–water partition coefficient (Wildman–Crippen LogP) is 3.74. The van der Waals surface area contributed by atoms with Crippen molar-refractivity contribution in [3.8, 4) is 5.75 Å². The van der Waals surface area contributed by atoms with Crippen LogP contribution in [-0.2, 0) is 12.7 Å². The maximum atomic E-state index is 12.7. The van der Waals surface area contributed by atoms with E-state index in [9.17, 15) is 18.0 Å². The Bertz CT molecular complexity index is 1110. The van der Waals surface area contributed by atoms with Crippen molar-refractivity contribution >= 4 is 16.6 Å². The monoisotopic (exact) mass is 418 g/mol. The lowest BCUT2D eigenvalue weighted by atomic mass is 9.96. The van der Waals surface area contributed by atoms with E-state index in [1.54, 1.807) is 13.3 Å². The summed E-state index contributed by atoms with van der Waals surface area (Å²) < 4.78 is 44.7. The molecule has 1 aliphatic rings. The Balaban J connectivity index is 1.46. The molecule has 0 atom stereocenters. The van der Waals surface area contributed by atoms with Crippen LogP contribution in [0.25, 0.3) is 10.9 Å². The number of alkyl halides is 3. The minimum atomic E-state index is -4.61. The molecule has 0 bridgehead atoms. The molecular weight excluding hydrogens is 397 g/mol. The van der Waals surface area contributed by atoms with Gasteiger partial charge in [0.15, 0.2) is 5.69 Å². The van der Waals surface area contributed by atoms with Crippen molar-refractivity contribution in [1.29, 1.82) is 0 Å². The van der Waals surface area contributed by atoms with Gasteiger partial charge in [0.25, 0.3) is 5.56 Å². The highest BCUT2D eigenvalue weighted by atomic mass is 19.4. The highest BCUT2D eigenvalue weighted by molar-refractivity contribution is 5.92. The maximum absolute atomic E-state index is 12.7. The topological polar surface area (TPSA) is 60.2 Å². The number of piperidine rings is 1. The number of hydrogen-bond donors (Lipinski definition) is 0.